The third-order valence-electron chi connectivity index (χ3n) is 2.20. The minimum atomic E-state index is -0.863. The molecule has 4 nitrogen and oxygen atoms in total. The van der Waals surface area contributed by atoms with Crippen LogP contribution in [0.2, 0.25) is 0 Å². The molecule has 0 aromatic heterocycles. The van der Waals surface area contributed by atoms with E-state index in [2.05, 4.69) is 5.32 Å². The Morgan fingerprint density at radius 3 is 2.54 bits per heavy atom. The van der Waals surface area contributed by atoms with E-state index >= 15 is 0 Å². The predicted molar refractivity (Wildman–Crippen MR) is 49.2 cm³/mol. The summed E-state index contributed by atoms with van der Waals surface area (Å²) in [5, 5.41) is 31.1. The van der Waals surface area contributed by atoms with Gasteiger partial charge in [0.05, 0.1) is 18.3 Å². The fraction of sp³-hybridized carbons (Fsp3) is 0.778. The van der Waals surface area contributed by atoms with Gasteiger partial charge >= 0.3 is 0 Å². The van der Waals surface area contributed by atoms with Gasteiger partial charge in [0.2, 0.25) is 0 Å². The molecule has 0 bridgehead atoms. The van der Waals surface area contributed by atoms with Gasteiger partial charge in [0.25, 0.3) is 0 Å². The third kappa shape index (κ3) is 3.44. The van der Waals surface area contributed by atoms with Crippen molar-refractivity contribution in [1.29, 1.82) is 0 Å². The van der Waals surface area contributed by atoms with Gasteiger partial charge in [0.15, 0.2) is 0 Å². The van der Waals surface area contributed by atoms with E-state index in [9.17, 15) is 15.3 Å². The normalized spacial score (nSPS) is 44.6. The highest BCUT2D eigenvalue weighted by Crippen LogP contribution is 2.07. The number of nitrogens with one attached hydrogen (secondary N) is 1. The molecular weight excluding hydrogens is 170 g/mol. The number of aliphatic hydroxyl groups is 3. The minimum Gasteiger partial charge on any atom is -0.390 e. The van der Waals surface area contributed by atoms with Crippen molar-refractivity contribution in [3.05, 3.63) is 12.2 Å². The summed E-state index contributed by atoms with van der Waals surface area (Å²) in [5.74, 6) is 0. The minimum absolute atomic E-state index is 0.106. The fourth-order valence-electron chi connectivity index (χ4n) is 1.29. The van der Waals surface area contributed by atoms with Gasteiger partial charge in [0.1, 0.15) is 0 Å². The standard InChI is InChI=1S/C9H17NO3/c1-6-2-3-7(11)4-8(12)9(13)5-10-6/h2-3,6-13H,4-5H2,1H3/b3-2+. The molecule has 0 spiro atoms. The van der Waals surface area contributed by atoms with E-state index in [1.807, 2.05) is 13.0 Å². The highest BCUT2D eigenvalue weighted by molar-refractivity contribution is 4.98. The summed E-state index contributed by atoms with van der Waals surface area (Å²) >= 11 is 0. The third-order valence-corrected chi connectivity index (χ3v) is 2.20. The molecule has 0 aromatic carbocycles. The summed E-state index contributed by atoms with van der Waals surface area (Å²) in [6.45, 7) is 2.27. The van der Waals surface area contributed by atoms with Crippen LogP contribution < -0.4 is 5.32 Å². The van der Waals surface area contributed by atoms with Gasteiger partial charge in [-0.3, -0.25) is 0 Å². The Morgan fingerprint density at radius 1 is 1.15 bits per heavy atom. The second kappa shape index (κ2) is 4.72. The quantitative estimate of drug-likeness (QED) is 0.367. The summed E-state index contributed by atoms with van der Waals surface area (Å²) < 4.78 is 0. The Bertz CT molecular complexity index is 184. The van der Waals surface area contributed by atoms with Crippen molar-refractivity contribution in [2.75, 3.05) is 6.54 Å². The lowest BCUT2D eigenvalue weighted by Gasteiger charge is -2.18. The number of hydrogen-bond donors (Lipinski definition) is 4. The fourth-order valence-corrected chi connectivity index (χ4v) is 1.29. The molecule has 1 heterocycles. The van der Waals surface area contributed by atoms with Crippen molar-refractivity contribution in [3.8, 4) is 0 Å². The number of β-amino-alcohol motifs (C(OH)–C–C–N with tert-alkyl or cyclic N) is 1. The van der Waals surface area contributed by atoms with Crippen molar-refractivity contribution in [2.45, 2.75) is 37.7 Å². The van der Waals surface area contributed by atoms with Crippen LogP contribution in [0.5, 0.6) is 0 Å². The molecule has 4 N–H and O–H groups in total. The van der Waals surface area contributed by atoms with E-state index in [0.717, 1.165) is 0 Å². The molecule has 0 saturated carbocycles. The van der Waals surface area contributed by atoms with Gasteiger partial charge in [-0.2, -0.15) is 0 Å². The molecule has 0 amide bonds. The molecular formula is C9H17NO3. The van der Waals surface area contributed by atoms with E-state index in [-0.39, 0.29) is 12.5 Å². The van der Waals surface area contributed by atoms with Crippen molar-refractivity contribution < 1.29 is 15.3 Å². The Morgan fingerprint density at radius 2 is 1.85 bits per heavy atom. The van der Waals surface area contributed by atoms with Crippen LogP contribution in [0.4, 0.5) is 0 Å². The van der Waals surface area contributed by atoms with E-state index in [1.165, 1.54) is 0 Å². The molecule has 1 rings (SSSR count). The van der Waals surface area contributed by atoms with Crippen LogP contribution in [0.3, 0.4) is 0 Å². The zero-order chi connectivity index (χ0) is 9.84. The smallest absolute Gasteiger partial charge is 0.0924 e. The number of aliphatic hydroxyl groups excluding tert-OH is 3. The Hall–Kier alpha value is -0.420. The van der Waals surface area contributed by atoms with Crippen molar-refractivity contribution in [2.24, 2.45) is 0 Å². The maximum absolute atomic E-state index is 9.39. The molecule has 0 aromatic rings. The Kier molecular flexibility index (Phi) is 3.87. The van der Waals surface area contributed by atoms with Crippen LogP contribution in [0.25, 0.3) is 0 Å². The van der Waals surface area contributed by atoms with Gasteiger partial charge in [-0.05, 0) is 6.92 Å². The van der Waals surface area contributed by atoms with Gasteiger partial charge < -0.3 is 20.6 Å². The van der Waals surface area contributed by atoms with Gasteiger partial charge in [-0.1, -0.05) is 12.2 Å². The SMILES string of the molecule is CC1/C=C/C(O)CC(O)C(O)CN1. The summed E-state index contributed by atoms with van der Waals surface area (Å²) in [5.41, 5.74) is 0. The summed E-state index contributed by atoms with van der Waals surface area (Å²) in [4.78, 5) is 0. The first-order chi connectivity index (χ1) is 6.09. The zero-order valence-electron chi connectivity index (χ0n) is 7.72. The first kappa shape index (κ1) is 10.7. The maximum atomic E-state index is 9.39. The van der Waals surface area contributed by atoms with Crippen molar-refractivity contribution >= 4 is 0 Å². The number of hydrogen-bond acceptors (Lipinski definition) is 4. The van der Waals surface area contributed by atoms with Crippen LogP contribution in [0.15, 0.2) is 12.2 Å². The van der Waals surface area contributed by atoms with Crippen LogP contribution in [0.1, 0.15) is 13.3 Å². The first-order valence-corrected chi connectivity index (χ1v) is 4.55. The van der Waals surface area contributed by atoms with E-state index in [4.69, 9.17) is 0 Å². The molecule has 1 aliphatic rings. The number of rotatable bonds is 0. The summed E-state index contributed by atoms with van der Waals surface area (Å²) in [6.07, 6.45) is 1.31. The molecule has 0 radical (unpaired) electrons. The van der Waals surface area contributed by atoms with Crippen LogP contribution in [0, 0.1) is 0 Å². The Labute approximate surface area is 77.9 Å². The molecule has 13 heavy (non-hydrogen) atoms. The maximum Gasteiger partial charge on any atom is 0.0924 e. The van der Waals surface area contributed by atoms with Gasteiger partial charge in [-0.25, -0.2) is 0 Å². The predicted octanol–water partition coefficient (Wildman–Crippen LogP) is -0.993. The van der Waals surface area contributed by atoms with Crippen molar-refractivity contribution in [3.63, 3.8) is 0 Å². The Balaban J connectivity index is 2.59. The molecule has 4 atom stereocenters. The highest BCUT2D eigenvalue weighted by atomic mass is 16.3. The lowest BCUT2D eigenvalue weighted by molar-refractivity contribution is -0.00248. The van der Waals surface area contributed by atoms with Crippen LogP contribution in [-0.2, 0) is 0 Å². The molecule has 0 fully saturated rings. The van der Waals surface area contributed by atoms with E-state index < -0.39 is 18.3 Å². The summed E-state index contributed by atoms with van der Waals surface area (Å²) in [6, 6.07) is 0.106. The van der Waals surface area contributed by atoms with E-state index in [1.54, 1.807) is 6.08 Å². The average Bonchev–Trinajstić information content (AvgIpc) is 2.13. The average molecular weight is 187 g/mol. The van der Waals surface area contributed by atoms with Gasteiger partial charge in [-0.15, -0.1) is 0 Å². The molecule has 0 aliphatic carbocycles. The largest absolute Gasteiger partial charge is 0.390 e. The van der Waals surface area contributed by atoms with Crippen LogP contribution in [-0.4, -0.2) is 46.2 Å². The van der Waals surface area contributed by atoms with Crippen molar-refractivity contribution in [1.82, 2.24) is 5.32 Å². The molecule has 76 valence electrons. The topological polar surface area (TPSA) is 72.7 Å². The highest BCUT2D eigenvalue weighted by Gasteiger charge is 2.20. The van der Waals surface area contributed by atoms with Gasteiger partial charge in [0, 0.05) is 19.0 Å². The summed E-state index contributed by atoms with van der Waals surface area (Å²) in [7, 11) is 0. The molecule has 1 aliphatic heterocycles. The monoisotopic (exact) mass is 187 g/mol. The second-order valence-electron chi connectivity index (χ2n) is 3.52. The first-order valence-electron chi connectivity index (χ1n) is 4.55. The lowest BCUT2D eigenvalue weighted by atomic mass is 10.1. The molecule has 4 unspecified atom stereocenters. The zero-order valence-corrected chi connectivity index (χ0v) is 7.72. The van der Waals surface area contributed by atoms with E-state index in [0.29, 0.717) is 6.54 Å². The second-order valence-corrected chi connectivity index (χ2v) is 3.52. The van der Waals surface area contributed by atoms with Crippen LogP contribution >= 0.6 is 0 Å². The lowest BCUT2D eigenvalue weighted by Crippen LogP contribution is -2.39. The molecule has 0 saturated heterocycles. The molecule has 4 heteroatoms.